The van der Waals surface area contributed by atoms with E-state index in [2.05, 4.69) is 35.1 Å². The van der Waals surface area contributed by atoms with Crippen molar-refractivity contribution in [2.45, 2.75) is 143 Å². The molecule has 10 nitrogen and oxygen atoms in total. The molecule has 0 aromatic carbocycles. The lowest BCUT2D eigenvalue weighted by Crippen LogP contribution is -2.39. The Morgan fingerprint density at radius 2 is 1.69 bits per heavy atom. The quantitative estimate of drug-likeness (QED) is 0.0907. The van der Waals surface area contributed by atoms with E-state index in [1.807, 2.05) is 32.4 Å². The number of nitrogens with two attached hydrogens (primary N) is 1. The predicted molar refractivity (Wildman–Crippen MR) is 201 cm³/mol. The molecule has 2 saturated carbocycles. The molecule has 0 radical (unpaired) electrons. The van der Waals surface area contributed by atoms with Crippen molar-refractivity contribution in [2.75, 3.05) is 11.9 Å². The standard InChI is InChI=1S/C39H59FN6O4Si/c1-8-29-31(25(4)44-46(29)23-49-21-22-51(5,6)7)28-19-20-30(42-37(28)40)43-39(48)33(36-34(38(41)47)35(24(2)3)45-50-36)32(26-15-11-9-12-16-26)27-17-13-10-14-18-27/h19-20,24,26-27,32-33H,8-18,21-23H2,1-7H3,(H2,41,47)(H,42,43,48)/t33-/m0/s1. The van der Waals surface area contributed by atoms with Gasteiger partial charge in [-0.1, -0.05) is 110 Å². The molecule has 0 bridgehead atoms. The molecule has 51 heavy (non-hydrogen) atoms. The number of pyridine rings is 1. The van der Waals surface area contributed by atoms with Gasteiger partial charge in [-0.25, -0.2) is 9.67 Å². The number of nitrogens with one attached hydrogen (secondary N) is 1. The second kappa shape index (κ2) is 17.0. The fourth-order valence-electron chi connectivity index (χ4n) is 8.48. The van der Waals surface area contributed by atoms with Gasteiger partial charge in [0.2, 0.25) is 11.9 Å². The van der Waals surface area contributed by atoms with Crippen LogP contribution in [0.15, 0.2) is 16.7 Å². The Morgan fingerprint density at radius 1 is 1.06 bits per heavy atom. The Bertz CT molecular complexity index is 1630. The van der Waals surface area contributed by atoms with E-state index < -0.39 is 25.8 Å². The van der Waals surface area contributed by atoms with Crippen molar-refractivity contribution >= 4 is 25.7 Å². The number of amides is 2. The molecule has 2 aliphatic carbocycles. The normalized spacial score (nSPS) is 17.0. The number of rotatable bonds is 15. The van der Waals surface area contributed by atoms with Gasteiger partial charge in [0, 0.05) is 31.5 Å². The first-order chi connectivity index (χ1) is 24.3. The van der Waals surface area contributed by atoms with E-state index in [4.69, 9.17) is 20.1 Å². The lowest BCUT2D eigenvalue weighted by molar-refractivity contribution is -0.121. The predicted octanol–water partition coefficient (Wildman–Crippen LogP) is 8.98. The smallest absolute Gasteiger partial charge is 0.254 e. The van der Waals surface area contributed by atoms with Gasteiger partial charge in [0.25, 0.3) is 5.91 Å². The average Bonchev–Trinajstić information content (AvgIpc) is 3.67. The number of anilines is 1. The summed E-state index contributed by atoms with van der Waals surface area (Å²) in [6.07, 6.45) is 11.5. The Hall–Kier alpha value is -3.38. The maximum atomic E-state index is 16.0. The third-order valence-corrected chi connectivity index (χ3v) is 12.7. The van der Waals surface area contributed by atoms with E-state index in [0.717, 1.165) is 63.1 Å². The number of ether oxygens (including phenoxy) is 1. The maximum Gasteiger partial charge on any atom is 0.254 e. The Morgan fingerprint density at radius 3 is 2.22 bits per heavy atom. The molecule has 1 atom stereocenters. The minimum Gasteiger partial charge on any atom is -0.365 e. The van der Waals surface area contributed by atoms with Gasteiger partial charge < -0.3 is 20.3 Å². The summed E-state index contributed by atoms with van der Waals surface area (Å²) in [5.41, 5.74) is 9.20. The molecule has 2 aliphatic rings. The van der Waals surface area contributed by atoms with E-state index in [9.17, 15) is 9.59 Å². The summed E-state index contributed by atoms with van der Waals surface area (Å²) in [4.78, 5) is 31.9. The molecule has 0 aliphatic heterocycles. The van der Waals surface area contributed by atoms with Gasteiger partial charge in [-0.15, -0.1) is 0 Å². The average molecular weight is 723 g/mol. The molecule has 5 rings (SSSR count). The highest BCUT2D eigenvalue weighted by atomic mass is 28.3. The zero-order valence-corrected chi connectivity index (χ0v) is 32.8. The van der Waals surface area contributed by atoms with E-state index in [-0.39, 0.29) is 46.7 Å². The van der Waals surface area contributed by atoms with Gasteiger partial charge in [-0.2, -0.15) is 9.49 Å². The number of halogens is 1. The highest BCUT2D eigenvalue weighted by Gasteiger charge is 2.45. The van der Waals surface area contributed by atoms with Crippen molar-refractivity contribution in [3.63, 3.8) is 0 Å². The zero-order valence-electron chi connectivity index (χ0n) is 31.8. The molecule has 0 saturated heterocycles. The number of hydrogen-bond acceptors (Lipinski definition) is 7. The van der Waals surface area contributed by atoms with Crippen molar-refractivity contribution < 1.29 is 23.2 Å². The summed E-state index contributed by atoms with van der Waals surface area (Å²) in [6, 6.07) is 4.35. The molecule has 280 valence electrons. The lowest BCUT2D eigenvalue weighted by Gasteiger charge is -2.41. The SMILES string of the molecule is CCc1c(-c2ccc(NC(=O)[C@H](c3onc(C(C)C)c3C(N)=O)C(C3CCCCC3)C3CCCCC3)nc2F)c(C)nn1COCC[Si](C)(C)C. The van der Waals surface area contributed by atoms with Crippen LogP contribution in [0.3, 0.4) is 0 Å². The van der Waals surface area contributed by atoms with Crippen LogP contribution in [0.1, 0.15) is 130 Å². The topological polar surface area (TPSA) is 138 Å². The number of primary amides is 1. The van der Waals surface area contributed by atoms with Crippen LogP contribution in [0.25, 0.3) is 11.1 Å². The molecule has 3 N–H and O–H groups in total. The van der Waals surface area contributed by atoms with Crippen LogP contribution in [-0.4, -0.2) is 46.4 Å². The first-order valence-corrected chi connectivity index (χ1v) is 22.9. The maximum absolute atomic E-state index is 16.0. The van der Waals surface area contributed by atoms with Gasteiger partial charge in [-0.3, -0.25) is 9.59 Å². The summed E-state index contributed by atoms with van der Waals surface area (Å²) >= 11 is 0. The van der Waals surface area contributed by atoms with E-state index in [1.54, 1.807) is 12.1 Å². The highest BCUT2D eigenvalue weighted by molar-refractivity contribution is 6.76. The largest absolute Gasteiger partial charge is 0.365 e. The molecular weight excluding hydrogens is 664 g/mol. The Kier molecular flexibility index (Phi) is 12.9. The third-order valence-electron chi connectivity index (χ3n) is 11.0. The molecule has 0 unspecified atom stereocenters. The first-order valence-electron chi connectivity index (χ1n) is 19.2. The van der Waals surface area contributed by atoms with Crippen LogP contribution in [0.4, 0.5) is 10.2 Å². The number of aromatic nitrogens is 4. The first kappa shape index (κ1) is 38.8. The number of hydrogen-bond donors (Lipinski definition) is 2. The van der Waals surface area contributed by atoms with Crippen molar-refractivity contribution in [1.82, 2.24) is 19.9 Å². The van der Waals surface area contributed by atoms with E-state index >= 15 is 4.39 Å². The van der Waals surface area contributed by atoms with Gasteiger partial charge in [0.05, 0.1) is 11.4 Å². The molecule has 2 amide bonds. The van der Waals surface area contributed by atoms with Gasteiger partial charge in [0.1, 0.15) is 24.0 Å². The number of nitrogens with zero attached hydrogens (tertiary/aromatic N) is 4. The molecule has 0 spiro atoms. The third kappa shape index (κ3) is 9.17. The summed E-state index contributed by atoms with van der Waals surface area (Å²) in [7, 11) is -1.23. The zero-order chi connectivity index (χ0) is 36.9. The molecule has 3 aromatic rings. The Balaban J connectivity index is 1.48. The summed E-state index contributed by atoms with van der Waals surface area (Å²) in [5.74, 6) is -1.87. The van der Waals surface area contributed by atoms with Crippen LogP contribution in [-0.2, 0) is 22.7 Å². The summed E-state index contributed by atoms with van der Waals surface area (Å²) in [6.45, 7) is 15.6. The van der Waals surface area contributed by atoms with Gasteiger partial charge in [0.15, 0.2) is 5.76 Å². The van der Waals surface area contributed by atoms with Gasteiger partial charge in [-0.05, 0) is 55.2 Å². The molecule has 3 heterocycles. The molecule has 2 fully saturated rings. The van der Waals surface area contributed by atoms with Crippen molar-refractivity contribution in [1.29, 1.82) is 0 Å². The highest BCUT2D eigenvalue weighted by Crippen LogP contribution is 2.48. The van der Waals surface area contributed by atoms with E-state index in [0.29, 0.717) is 42.3 Å². The monoisotopic (exact) mass is 722 g/mol. The van der Waals surface area contributed by atoms with Crippen LogP contribution in [0, 0.1) is 30.6 Å². The minimum absolute atomic E-state index is 0.0747. The van der Waals surface area contributed by atoms with Crippen LogP contribution in [0.2, 0.25) is 25.7 Å². The molecule has 12 heteroatoms. The Labute approximate surface area is 303 Å². The van der Waals surface area contributed by atoms with Gasteiger partial charge >= 0.3 is 0 Å². The second-order valence-electron chi connectivity index (χ2n) is 16.3. The van der Waals surface area contributed by atoms with E-state index in [1.165, 1.54) is 12.8 Å². The summed E-state index contributed by atoms with van der Waals surface area (Å²) in [5, 5.41) is 11.9. The number of carbonyl (C=O) groups excluding carboxylic acids is 2. The fourth-order valence-corrected chi connectivity index (χ4v) is 9.23. The number of aryl methyl sites for hydroxylation is 1. The summed E-state index contributed by atoms with van der Waals surface area (Å²) < 4.78 is 29.8. The molecular formula is C39H59FN6O4Si. The number of carbonyl (C=O) groups is 2. The van der Waals surface area contributed by atoms with Crippen LogP contribution >= 0.6 is 0 Å². The minimum atomic E-state index is -1.23. The second-order valence-corrected chi connectivity index (χ2v) is 21.9. The fraction of sp³-hybridized carbons (Fsp3) is 0.667. The lowest BCUT2D eigenvalue weighted by atomic mass is 9.63. The van der Waals surface area contributed by atoms with Crippen LogP contribution in [0.5, 0.6) is 0 Å². The van der Waals surface area contributed by atoms with Crippen LogP contribution < -0.4 is 11.1 Å². The van der Waals surface area contributed by atoms with Crippen molar-refractivity contribution in [2.24, 2.45) is 23.5 Å². The van der Waals surface area contributed by atoms with Crippen molar-refractivity contribution in [3.8, 4) is 11.1 Å². The van der Waals surface area contributed by atoms with Crippen molar-refractivity contribution in [3.05, 3.63) is 46.5 Å². The molecule has 3 aromatic heterocycles.